The van der Waals surface area contributed by atoms with Gasteiger partial charge in [0.25, 0.3) is 0 Å². The number of aromatic nitrogens is 1. The maximum Gasteiger partial charge on any atom is 0.191 e. The SMILES string of the molecule is CN=C(NCc1ccccn1)NCC(c1cccs1)N1CCOCC1. The summed E-state index contributed by atoms with van der Waals surface area (Å²) in [5.74, 6) is 0.792. The van der Waals surface area contributed by atoms with Gasteiger partial charge in [0.05, 0.1) is 31.5 Å². The number of aliphatic imine (C=N–C) groups is 1. The fourth-order valence-corrected chi connectivity index (χ4v) is 3.73. The van der Waals surface area contributed by atoms with Crippen LogP contribution in [0.25, 0.3) is 0 Å². The fourth-order valence-electron chi connectivity index (χ4n) is 2.87. The zero-order chi connectivity index (χ0) is 17.3. The Morgan fingerprint density at radius 1 is 1.28 bits per heavy atom. The quantitative estimate of drug-likeness (QED) is 0.609. The molecule has 2 aromatic rings. The van der Waals surface area contributed by atoms with E-state index in [2.05, 4.69) is 43.0 Å². The minimum atomic E-state index is 0.331. The summed E-state index contributed by atoms with van der Waals surface area (Å²) in [4.78, 5) is 12.5. The summed E-state index contributed by atoms with van der Waals surface area (Å²) in [5.41, 5.74) is 0.994. The molecule has 1 atom stereocenters. The van der Waals surface area contributed by atoms with Crippen molar-refractivity contribution in [1.82, 2.24) is 20.5 Å². The highest BCUT2D eigenvalue weighted by molar-refractivity contribution is 7.10. The first kappa shape index (κ1) is 17.8. The summed E-state index contributed by atoms with van der Waals surface area (Å²) < 4.78 is 5.50. The summed E-state index contributed by atoms with van der Waals surface area (Å²) in [5, 5.41) is 8.92. The molecule has 0 aromatic carbocycles. The first-order valence-corrected chi connectivity index (χ1v) is 9.44. The van der Waals surface area contributed by atoms with E-state index in [9.17, 15) is 0 Å². The zero-order valence-corrected chi connectivity index (χ0v) is 15.3. The summed E-state index contributed by atoms with van der Waals surface area (Å²) >= 11 is 1.80. The van der Waals surface area contributed by atoms with E-state index in [0.29, 0.717) is 12.6 Å². The number of nitrogens with zero attached hydrogens (tertiary/aromatic N) is 3. The van der Waals surface area contributed by atoms with Gasteiger partial charge in [0.15, 0.2) is 5.96 Å². The highest BCUT2D eigenvalue weighted by atomic mass is 32.1. The predicted octanol–water partition coefficient (Wildman–Crippen LogP) is 1.88. The molecular formula is C18H25N5OS. The highest BCUT2D eigenvalue weighted by Crippen LogP contribution is 2.25. The Labute approximate surface area is 152 Å². The number of hydrogen-bond donors (Lipinski definition) is 2. The molecule has 0 aliphatic carbocycles. The average Bonchev–Trinajstić information content (AvgIpc) is 3.20. The number of hydrogen-bond acceptors (Lipinski definition) is 5. The largest absolute Gasteiger partial charge is 0.379 e. The van der Waals surface area contributed by atoms with E-state index in [-0.39, 0.29) is 0 Å². The Bertz CT molecular complexity index is 641. The van der Waals surface area contributed by atoms with Gasteiger partial charge in [-0.2, -0.15) is 0 Å². The number of ether oxygens (including phenoxy) is 1. The second-order valence-corrected chi connectivity index (χ2v) is 6.79. The van der Waals surface area contributed by atoms with Crippen molar-refractivity contribution in [2.45, 2.75) is 12.6 Å². The standard InChI is InChI=1S/C18H25N5OS/c1-19-18(21-13-15-5-2-3-7-20-15)22-14-16(17-6-4-12-25-17)23-8-10-24-11-9-23/h2-7,12,16H,8-11,13-14H2,1H3,(H2,19,21,22). The average molecular weight is 359 g/mol. The van der Waals surface area contributed by atoms with Gasteiger partial charge < -0.3 is 15.4 Å². The lowest BCUT2D eigenvalue weighted by atomic mass is 10.2. The van der Waals surface area contributed by atoms with Crippen LogP contribution in [0.5, 0.6) is 0 Å². The number of morpholine rings is 1. The minimum absolute atomic E-state index is 0.331. The second-order valence-electron chi connectivity index (χ2n) is 5.81. The molecule has 2 aromatic heterocycles. The maximum absolute atomic E-state index is 5.50. The van der Waals surface area contributed by atoms with Gasteiger partial charge in [-0.05, 0) is 23.6 Å². The van der Waals surface area contributed by atoms with Crippen LogP contribution in [0.2, 0.25) is 0 Å². The molecule has 1 fully saturated rings. The van der Waals surface area contributed by atoms with Crippen LogP contribution in [-0.2, 0) is 11.3 Å². The molecule has 1 aliphatic rings. The molecule has 134 valence electrons. The molecular weight excluding hydrogens is 334 g/mol. The second kappa shape index (κ2) is 9.50. The van der Waals surface area contributed by atoms with E-state index in [0.717, 1.165) is 44.5 Å². The predicted molar refractivity (Wildman–Crippen MR) is 102 cm³/mol. The molecule has 2 N–H and O–H groups in total. The lowest BCUT2D eigenvalue weighted by Crippen LogP contribution is -2.46. The van der Waals surface area contributed by atoms with Crippen LogP contribution in [0.3, 0.4) is 0 Å². The molecule has 3 rings (SSSR count). The molecule has 1 unspecified atom stereocenters. The topological polar surface area (TPSA) is 61.8 Å². The lowest BCUT2D eigenvalue weighted by Gasteiger charge is -2.34. The van der Waals surface area contributed by atoms with Crippen molar-refractivity contribution in [1.29, 1.82) is 0 Å². The summed E-state index contributed by atoms with van der Waals surface area (Å²) in [6.45, 7) is 4.99. The first-order valence-electron chi connectivity index (χ1n) is 8.56. The molecule has 7 heteroatoms. The lowest BCUT2D eigenvalue weighted by molar-refractivity contribution is 0.0177. The van der Waals surface area contributed by atoms with Crippen LogP contribution in [0, 0.1) is 0 Å². The van der Waals surface area contributed by atoms with E-state index in [1.165, 1.54) is 4.88 Å². The molecule has 0 bridgehead atoms. The summed E-state index contributed by atoms with van der Waals surface area (Å²) in [7, 11) is 1.79. The third kappa shape index (κ3) is 5.26. The van der Waals surface area contributed by atoms with E-state index >= 15 is 0 Å². The maximum atomic E-state index is 5.50. The number of rotatable bonds is 6. The van der Waals surface area contributed by atoms with Crippen LogP contribution in [0.4, 0.5) is 0 Å². The third-order valence-corrected chi connectivity index (χ3v) is 5.18. The number of guanidine groups is 1. The Kier molecular flexibility index (Phi) is 6.79. The zero-order valence-electron chi connectivity index (χ0n) is 14.5. The van der Waals surface area contributed by atoms with E-state index in [1.807, 2.05) is 18.2 Å². The molecule has 6 nitrogen and oxygen atoms in total. The van der Waals surface area contributed by atoms with Gasteiger partial charge in [0.1, 0.15) is 0 Å². The Hall–Kier alpha value is -1.96. The molecule has 0 spiro atoms. The Balaban J connectivity index is 1.57. The van der Waals surface area contributed by atoms with E-state index in [1.54, 1.807) is 24.6 Å². The smallest absolute Gasteiger partial charge is 0.191 e. The van der Waals surface area contributed by atoms with Gasteiger partial charge in [-0.3, -0.25) is 14.9 Å². The molecule has 25 heavy (non-hydrogen) atoms. The van der Waals surface area contributed by atoms with Crippen LogP contribution < -0.4 is 10.6 Å². The van der Waals surface area contributed by atoms with Gasteiger partial charge in [-0.25, -0.2) is 0 Å². The van der Waals surface area contributed by atoms with Crippen LogP contribution in [-0.4, -0.2) is 55.7 Å². The Morgan fingerprint density at radius 3 is 2.84 bits per heavy atom. The van der Waals surface area contributed by atoms with Gasteiger partial charge in [-0.1, -0.05) is 12.1 Å². The number of thiophene rings is 1. The van der Waals surface area contributed by atoms with Crippen molar-refractivity contribution < 1.29 is 4.74 Å². The summed E-state index contributed by atoms with van der Waals surface area (Å²) in [6.07, 6.45) is 1.80. The molecule has 3 heterocycles. The van der Waals surface area contributed by atoms with Crippen molar-refractivity contribution in [3.63, 3.8) is 0 Å². The normalized spacial score (nSPS) is 17.2. The van der Waals surface area contributed by atoms with E-state index in [4.69, 9.17) is 4.74 Å². The molecule has 0 radical (unpaired) electrons. The summed E-state index contributed by atoms with van der Waals surface area (Å²) in [6, 6.07) is 10.6. The first-order chi connectivity index (χ1) is 12.4. The molecule has 0 saturated carbocycles. The van der Waals surface area contributed by atoms with Crippen LogP contribution >= 0.6 is 11.3 Å². The highest BCUT2D eigenvalue weighted by Gasteiger charge is 2.23. The van der Waals surface area contributed by atoms with Gasteiger partial charge in [0.2, 0.25) is 0 Å². The molecule has 1 saturated heterocycles. The Morgan fingerprint density at radius 2 is 2.16 bits per heavy atom. The molecule has 0 amide bonds. The van der Waals surface area contributed by atoms with Crippen molar-refractivity contribution in [2.24, 2.45) is 4.99 Å². The minimum Gasteiger partial charge on any atom is -0.379 e. The van der Waals surface area contributed by atoms with Gasteiger partial charge in [-0.15, -0.1) is 11.3 Å². The third-order valence-electron chi connectivity index (χ3n) is 4.21. The van der Waals surface area contributed by atoms with Crippen molar-refractivity contribution in [3.8, 4) is 0 Å². The van der Waals surface area contributed by atoms with E-state index < -0.39 is 0 Å². The van der Waals surface area contributed by atoms with Crippen LogP contribution in [0.1, 0.15) is 16.6 Å². The van der Waals surface area contributed by atoms with Crippen molar-refractivity contribution in [3.05, 3.63) is 52.5 Å². The molecule has 1 aliphatic heterocycles. The van der Waals surface area contributed by atoms with Gasteiger partial charge >= 0.3 is 0 Å². The van der Waals surface area contributed by atoms with Crippen molar-refractivity contribution in [2.75, 3.05) is 39.9 Å². The monoisotopic (exact) mass is 359 g/mol. The number of pyridine rings is 1. The fraction of sp³-hybridized carbons (Fsp3) is 0.444. The van der Waals surface area contributed by atoms with Crippen molar-refractivity contribution >= 4 is 17.3 Å². The number of nitrogens with one attached hydrogen (secondary N) is 2. The van der Waals surface area contributed by atoms with Crippen LogP contribution in [0.15, 0.2) is 46.9 Å². The van der Waals surface area contributed by atoms with Gasteiger partial charge in [0, 0.05) is 37.8 Å².